The maximum absolute atomic E-state index is 13.3. The minimum absolute atomic E-state index is 0.122. The molecule has 2 rings (SSSR count). The predicted molar refractivity (Wildman–Crippen MR) is 73.1 cm³/mol. The van der Waals surface area contributed by atoms with Crippen molar-refractivity contribution in [2.24, 2.45) is 5.73 Å². The molecule has 0 fully saturated rings. The Morgan fingerprint density at radius 3 is 2.55 bits per heavy atom. The number of primary amides is 1. The first kappa shape index (κ1) is 13.6. The van der Waals surface area contributed by atoms with E-state index in [0.29, 0.717) is 11.3 Å². The third-order valence-electron chi connectivity index (χ3n) is 2.81. The van der Waals surface area contributed by atoms with Crippen LogP contribution in [0.4, 0.5) is 10.1 Å². The molecule has 2 aromatic rings. The number of nitrogens with one attached hydrogen (secondary N) is 1. The average molecular weight is 269 g/mol. The number of anilines is 1. The lowest BCUT2D eigenvalue weighted by Crippen LogP contribution is -2.27. The molecule has 1 amide bonds. The predicted octanol–water partition coefficient (Wildman–Crippen LogP) is 2.34. The lowest BCUT2D eigenvalue weighted by Gasteiger charge is -2.17. The maximum atomic E-state index is 13.3. The summed E-state index contributed by atoms with van der Waals surface area (Å²) in [7, 11) is 0. The normalized spacial score (nSPS) is 11.4. The SMILES string of the molecule is N#Cc1cc(C(Nc2ccccc2)C(N)=O)ccc1F. The monoisotopic (exact) mass is 269 g/mol. The topological polar surface area (TPSA) is 78.9 Å². The fraction of sp³-hybridized carbons (Fsp3) is 0.0667. The highest BCUT2D eigenvalue weighted by molar-refractivity contribution is 5.84. The summed E-state index contributed by atoms with van der Waals surface area (Å²) in [6, 6.07) is 13.8. The first-order valence-electron chi connectivity index (χ1n) is 5.92. The van der Waals surface area contributed by atoms with Gasteiger partial charge in [-0.25, -0.2) is 4.39 Å². The van der Waals surface area contributed by atoms with Crippen LogP contribution in [0.15, 0.2) is 48.5 Å². The van der Waals surface area contributed by atoms with Crippen LogP contribution in [0.2, 0.25) is 0 Å². The molecule has 1 unspecified atom stereocenters. The van der Waals surface area contributed by atoms with Crippen molar-refractivity contribution in [2.75, 3.05) is 5.32 Å². The van der Waals surface area contributed by atoms with Crippen LogP contribution in [0.1, 0.15) is 17.2 Å². The molecule has 0 saturated carbocycles. The number of carbonyl (C=O) groups excluding carboxylic acids is 1. The Labute approximate surface area is 115 Å². The van der Waals surface area contributed by atoms with Gasteiger partial charge in [-0.1, -0.05) is 24.3 Å². The number of halogens is 1. The number of nitrogens with two attached hydrogens (primary N) is 1. The van der Waals surface area contributed by atoms with E-state index in [4.69, 9.17) is 11.0 Å². The Bertz CT molecular complexity index is 665. The zero-order valence-corrected chi connectivity index (χ0v) is 10.5. The van der Waals surface area contributed by atoms with Crippen LogP contribution in [0.3, 0.4) is 0 Å². The van der Waals surface area contributed by atoms with E-state index in [9.17, 15) is 9.18 Å². The third-order valence-corrected chi connectivity index (χ3v) is 2.81. The van der Waals surface area contributed by atoms with Crippen LogP contribution >= 0.6 is 0 Å². The fourth-order valence-electron chi connectivity index (χ4n) is 1.83. The molecule has 0 heterocycles. The molecule has 3 N–H and O–H groups in total. The first-order chi connectivity index (χ1) is 9.61. The highest BCUT2D eigenvalue weighted by Crippen LogP contribution is 2.21. The van der Waals surface area contributed by atoms with E-state index in [1.54, 1.807) is 18.2 Å². The van der Waals surface area contributed by atoms with E-state index in [1.807, 2.05) is 18.2 Å². The molecule has 0 radical (unpaired) electrons. The van der Waals surface area contributed by atoms with Gasteiger partial charge in [0.25, 0.3) is 0 Å². The number of benzene rings is 2. The Hall–Kier alpha value is -2.87. The number of amides is 1. The molecule has 2 aromatic carbocycles. The summed E-state index contributed by atoms with van der Waals surface area (Å²) in [6.45, 7) is 0. The van der Waals surface area contributed by atoms with E-state index in [-0.39, 0.29) is 5.56 Å². The Balaban J connectivity index is 2.35. The summed E-state index contributed by atoms with van der Waals surface area (Å²) >= 11 is 0. The summed E-state index contributed by atoms with van der Waals surface area (Å²) in [5.41, 5.74) is 6.40. The highest BCUT2D eigenvalue weighted by atomic mass is 19.1. The van der Waals surface area contributed by atoms with E-state index in [0.717, 1.165) is 6.07 Å². The minimum atomic E-state index is -0.829. The van der Waals surface area contributed by atoms with Crippen molar-refractivity contribution in [1.82, 2.24) is 0 Å². The smallest absolute Gasteiger partial charge is 0.244 e. The van der Waals surface area contributed by atoms with E-state index < -0.39 is 17.8 Å². The molecule has 5 heteroatoms. The summed E-state index contributed by atoms with van der Waals surface area (Å²) < 4.78 is 13.3. The van der Waals surface area contributed by atoms with Crippen LogP contribution in [-0.4, -0.2) is 5.91 Å². The van der Waals surface area contributed by atoms with Crippen molar-refractivity contribution in [3.05, 3.63) is 65.5 Å². The maximum Gasteiger partial charge on any atom is 0.244 e. The standard InChI is InChI=1S/C15H12FN3O/c16-13-7-6-10(8-11(13)9-17)14(15(18)20)19-12-4-2-1-3-5-12/h1-8,14,19H,(H2,18,20). The van der Waals surface area contributed by atoms with Gasteiger partial charge < -0.3 is 11.1 Å². The van der Waals surface area contributed by atoms with Crippen LogP contribution in [-0.2, 0) is 4.79 Å². The van der Waals surface area contributed by atoms with E-state index in [1.165, 1.54) is 12.1 Å². The number of rotatable bonds is 4. The number of nitrogens with zero attached hydrogens (tertiary/aromatic N) is 1. The summed E-state index contributed by atoms with van der Waals surface area (Å²) in [5, 5.41) is 11.8. The van der Waals surface area contributed by atoms with Crippen LogP contribution in [0, 0.1) is 17.1 Å². The second-order valence-corrected chi connectivity index (χ2v) is 4.20. The van der Waals surface area contributed by atoms with Gasteiger partial charge >= 0.3 is 0 Å². The molecule has 0 saturated heterocycles. The molecular weight excluding hydrogens is 257 g/mol. The first-order valence-corrected chi connectivity index (χ1v) is 5.92. The fourth-order valence-corrected chi connectivity index (χ4v) is 1.83. The van der Waals surface area contributed by atoms with Gasteiger partial charge in [-0.15, -0.1) is 0 Å². The number of hydrogen-bond donors (Lipinski definition) is 2. The number of nitriles is 1. The largest absolute Gasteiger partial charge is 0.370 e. The second kappa shape index (κ2) is 5.85. The average Bonchev–Trinajstić information content (AvgIpc) is 2.46. The zero-order valence-electron chi connectivity index (χ0n) is 10.5. The Morgan fingerprint density at radius 1 is 1.25 bits per heavy atom. The van der Waals surface area contributed by atoms with Gasteiger partial charge in [0, 0.05) is 5.69 Å². The van der Waals surface area contributed by atoms with Gasteiger partial charge in [-0.3, -0.25) is 4.79 Å². The van der Waals surface area contributed by atoms with Crippen molar-refractivity contribution >= 4 is 11.6 Å². The third kappa shape index (κ3) is 2.93. The zero-order chi connectivity index (χ0) is 14.5. The molecule has 0 aliphatic heterocycles. The molecule has 0 aromatic heterocycles. The van der Waals surface area contributed by atoms with Gasteiger partial charge in [0.2, 0.25) is 5.91 Å². The van der Waals surface area contributed by atoms with E-state index in [2.05, 4.69) is 5.32 Å². The lowest BCUT2D eigenvalue weighted by atomic mass is 10.0. The molecule has 0 aliphatic carbocycles. The molecule has 0 spiro atoms. The molecular formula is C15H12FN3O. The summed E-state index contributed by atoms with van der Waals surface area (Å²) in [6.07, 6.45) is 0. The van der Waals surface area contributed by atoms with Crippen molar-refractivity contribution < 1.29 is 9.18 Å². The van der Waals surface area contributed by atoms with Gasteiger partial charge in [-0.05, 0) is 29.8 Å². The molecule has 4 nitrogen and oxygen atoms in total. The molecule has 0 bridgehead atoms. The number of para-hydroxylation sites is 1. The van der Waals surface area contributed by atoms with Crippen molar-refractivity contribution in [3.8, 4) is 6.07 Å². The molecule has 20 heavy (non-hydrogen) atoms. The summed E-state index contributed by atoms with van der Waals surface area (Å²) in [5.74, 6) is -1.23. The Morgan fingerprint density at radius 2 is 1.95 bits per heavy atom. The second-order valence-electron chi connectivity index (χ2n) is 4.20. The summed E-state index contributed by atoms with van der Waals surface area (Å²) in [4.78, 5) is 11.6. The Kier molecular flexibility index (Phi) is 3.96. The number of hydrogen-bond acceptors (Lipinski definition) is 3. The molecule has 0 aliphatic rings. The van der Waals surface area contributed by atoms with E-state index >= 15 is 0 Å². The van der Waals surface area contributed by atoms with Gasteiger partial charge in [-0.2, -0.15) is 5.26 Å². The van der Waals surface area contributed by atoms with Gasteiger partial charge in [0.1, 0.15) is 17.9 Å². The van der Waals surface area contributed by atoms with Crippen molar-refractivity contribution in [1.29, 1.82) is 5.26 Å². The van der Waals surface area contributed by atoms with Crippen molar-refractivity contribution in [2.45, 2.75) is 6.04 Å². The molecule has 100 valence electrons. The van der Waals surface area contributed by atoms with Crippen LogP contribution < -0.4 is 11.1 Å². The van der Waals surface area contributed by atoms with Crippen molar-refractivity contribution in [3.63, 3.8) is 0 Å². The highest BCUT2D eigenvalue weighted by Gasteiger charge is 2.19. The lowest BCUT2D eigenvalue weighted by molar-refractivity contribution is -0.118. The van der Waals surface area contributed by atoms with Crippen LogP contribution in [0.5, 0.6) is 0 Å². The van der Waals surface area contributed by atoms with Gasteiger partial charge in [0.15, 0.2) is 0 Å². The molecule has 1 atom stereocenters. The van der Waals surface area contributed by atoms with Crippen LogP contribution in [0.25, 0.3) is 0 Å². The quantitative estimate of drug-likeness (QED) is 0.894. The number of carbonyl (C=O) groups is 1. The van der Waals surface area contributed by atoms with Gasteiger partial charge in [0.05, 0.1) is 5.56 Å². The minimum Gasteiger partial charge on any atom is -0.370 e.